The van der Waals surface area contributed by atoms with Gasteiger partial charge in [0, 0.05) is 18.9 Å². The maximum Gasteiger partial charge on any atom is 0.264 e. The molecule has 0 aliphatic carbocycles. The van der Waals surface area contributed by atoms with Gasteiger partial charge < -0.3 is 5.32 Å². The van der Waals surface area contributed by atoms with Crippen LogP contribution in [0, 0.1) is 13.8 Å². The van der Waals surface area contributed by atoms with E-state index in [2.05, 4.69) is 10.3 Å². The van der Waals surface area contributed by atoms with Crippen molar-refractivity contribution in [3.05, 3.63) is 89.7 Å². The molecule has 3 rings (SSSR count). The Bertz CT molecular complexity index is 1080. The number of aryl methyl sites for hydroxylation is 2. The van der Waals surface area contributed by atoms with Crippen molar-refractivity contribution in [3.8, 4) is 0 Å². The fourth-order valence-corrected chi connectivity index (χ4v) is 4.24. The van der Waals surface area contributed by atoms with Crippen molar-refractivity contribution in [1.29, 1.82) is 0 Å². The van der Waals surface area contributed by atoms with Crippen LogP contribution in [0.4, 0.5) is 5.69 Å². The van der Waals surface area contributed by atoms with Gasteiger partial charge in [-0.25, -0.2) is 8.42 Å². The summed E-state index contributed by atoms with van der Waals surface area (Å²) in [4.78, 5) is 16.7. The minimum absolute atomic E-state index is 0.143. The molecule has 0 radical (unpaired) electrons. The van der Waals surface area contributed by atoms with E-state index in [1.54, 1.807) is 60.9 Å². The van der Waals surface area contributed by atoms with E-state index in [1.807, 2.05) is 26.0 Å². The summed E-state index contributed by atoms with van der Waals surface area (Å²) in [6.45, 7) is 3.72. The molecule has 0 aliphatic heterocycles. The number of rotatable bonds is 7. The molecule has 6 nitrogen and oxygen atoms in total. The molecule has 7 heteroatoms. The van der Waals surface area contributed by atoms with Gasteiger partial charge in [-0.1, -0.05) is 35.9 Å². The van der Waals surface area contributed by atoms with Crippen molar-refractivity contribution in [3.63, 3.8) is 0 Å². The summed E-state index contributed by atoms with van der Waals surface area (Å²) in [5, 5.41) is 2.76. The Labute approximate surface area is 171 Å². The van der Waals surface area contributed by atoms with E-state index in [-0.39, 0.29) is 18.0 Å². The van der Waals surface area contributed by atoms with E-state index in [4.69, 9.17) is 0 Å². The Morgan fingerprint density at radius 3 is 2.41 bits per heavy atom. The molecule has 0 bridgehead atoms. The lowest BCUT2D eigenvalue weighted by Gasteiger charge is -2.24. The van der Waals surface area contributed by atoms with Crippen LogP contribution < -0.4 is 9.62 Å². The summed E-state index contributed by atoms with van der Waals surface area (Å²) in [5.74, 6) is -0.397. The lowest BCUT2D eigenvalue weighted by Crippen LogP contribution is -2.40. The molecule has 29 heavy (non-hydrogen) atoms. The number of amides is 1. The highest BCUT2D eigenvalue weighted by molar-refractivity contribution is 7.92. The van der Waals surface area contributed by atoms with Gasteiger partial charge in [0.25, 0.3) is 10.0 Å². The largest absolute Gasteiger partial charge is 0.350 e. The number of benzene rings is 2. The third kappa shape index (κ3) is 5.20. The van der Waals surface area contributed by atoms with Gasteiger partial charge in [0.1, 0.15) is 6.54 Å². The van der Waals surface area contributed by atoms with Crippen LogP contribution in [-0.2, 0) is 21.4 Å². The van der Waals surface area contributed by atoms with Gasteiger partial charge >= 0.3 is 0 Å². The first-order valence-electron chi connectivity index (χ1n) is 9.18. The minimum Gasteiger partial charge on any atom is -0.350 e. The van der Waals surface area contributed by atoms with Gasteiger partial charge in [0.15, 0.2) is 0 Å². The van der Waals surface area contributed by atoms with Crippen molar-refractivity contribution >= 4 is 21.6 Å². The molecule has 1 amide bonds. The first-order chi connectivity index (χ1) is 13.9. The van der Waals surface area contributed by atoms with Gasteiger partial charge in [0.2, 0.25) is 5.91 Å². The Morgan fingerprint density at radius 2 is 1.76 bits per heavy atom. The second-order valence-electron chi connectivity index (χ2n) is 6.80. The zero-order chi connectivity index (χ0) is 20.9. The molecule has 1 N–H and O–H groups in total. The average Bonchev–Trinajstić information content (AvgIpc) is 2.71. The Morgan fingerprint density at radius 1 is 1.00 bits per heavy atom. The molecule has 0 spiro atoms. The molecule has 3 aromatic rings. The fraction of sp³-hybridized carbons (Fsp3) is 0.182. The van der Waals surface area contributed by atoms with E-state index < -0.39 is 15.9 Å². The summed E-state index contributed by atoms with van der Waals surface area (Å²) in [5.41, 5.74) is 3.15. The summed E-state index contributed by atoms with van der Waals surface area (Å²) in [6, 6.07) is 17.3. The van der Waals surface area contributed by atoms with Crippen molar-refractivity contribution in [2.45, 2.75) is 25.3 Å². The second-order valence-corrected chi connectivity index (χ2v) is 8.66. The highest BCUT2D eigenvalue weighted by Crippen LogP contribution is 2.24. The molecule has 1 heterocycles. The van der Waals surface area contributed by atoms with Gasteiger partial charge in [-0.05, 0) is 55.3 Å². The lowest BCUT2D eigenvalue weighted by molar-refractivity contribution is -0.119. The number of hydrogen-bond donors (Lipinski definition) is 1. The van der Waals surface area contributed by atoms with Crippen LogP contribution in [0.25, 0.3) is 0 Å². The van der Waals surface area contributed by atoms with Crippen LogP contribution in [0.2, 0.25) is 0 Å². The lowest BCUT2D eigenvalue weighted by atomic mass is 10.2. The van der Waals surface area contributed by atoms with Gasteiger partial charge in [-0.15, -0.1) is 0 Å². The molecule has 0 aliphatic rings. The Hall–Kier alpha value is -3.19. The molecule has 0 saturated carbocycles. The highest BCUT2D eigenvalue weighted by Gasteiger charge is 2.27. The number of carbonyl (C=O) groups excluding carboxylic acids is 1. The summed E-state index contributed by atoms with van der Waals surface area (Å²) < 4.78 is 27.7. The first-order valence-corrected chi connectivity index (χ1v) is 10.6. The maximum absolute atomic E-state index is 13.3. The molecular weight excluding hydrogens is 386 g/mol. The predicted octanol–water partition coefficient (Wildman–Crippen LogP) is 3.21. The number of aromatic nitrogens is 1. The third-order valence-corrected chi connectivity index (χ3v) is 6.19. The molecule has 2 aromatic carbocycles. The molecule has 0 fully saturated rings. The van der Waals surface area contributed by atoms with Gasteiger partial charge in [0.05, 0.1) is 10.6 Å². The molecule has 1 aromatic heterocycles. The molecular formula is C22H23N3O3S. The van der Waals surface area contributed by atoms with Crippen LogP contribution in [0.3, 0.4) is 0 Å². The highest BCUT2D eigenvalue weighted by atomic mass is 32.2. The molecule has 150 valence electrons. The summed E-state index contributed by atoms with van der Waals surface area (Å²) in [7, 11) is -3.91. The van der Waals surface area contributed by atoms with Gasteiger partial charge in [-0.2, -0.15) is 0 Å². The molecule has 0 atom stereocenters. The first kappa shape index (κ1) is 20.5. The Kier molecular flexibility index (Phi) is 6.29. The van der Waals surface area contributed by atoms with Crippen molar-refractivity contribution in [1.82, 2.24) is 10.3 Å². The maximum atomic E-state index is 13.3. The fourth-order valence-electron chi connectivity index (χ4n) is 2.83. The second kappa shape index (κ2) is 8.87. The van der Waals surface area contributed by atoms with Crippen molar-refractivity contribution in [2.75, 3.05) is 10.8 Å². The standard InChI is InChI=1S/C22H23N3O3S/c1-17-8-10-21(11-9-17)29(27,28)25(20-7-3-5-18(2)13-20)16-22(26)24-15-19-6-4-12-23-14-19/h3-14H,15-16H2,1-2H3,(H,24,26). The van der Waals surface area contributed by atoms with Crippen molar-refractivity contribution in [2.24, 2.45) is 0 Å². The summed E-state index contributed by atoms with van der Waals surface area (Å²) >= 11 is 0. The van der Waals surface area contributed by atoms with Gasteiger partial charge in [-0.3, -0.25) is 14.1 Å². The topological polar surface area (TPSA) is 79.4 Å². The average molecular weight is 410 g/mol. The van der Waals surface area contributed by atoms with E-state index in [1.165, 1.54) is 0 Å². The third-order valence-electron chi connectivity index (χ3n) is 4.40. The van der Waals surface area contributed by atoms with Crippen molar-refractivity contribution < 1.29 is 13.2 Å². The van der Waals surface area contributed by atoms with E-state index >= 15 is 0 Å². The molecule has 0 saturated heterocycles. The number of nitrogens with one attached hydrogen (secondary N) is 1. The normalized spacial score (nSPS) is 11.1. The Balaban J connectivity index is 1.87. The quantitative estimate of drug-likeness (QED) is 0.650. The predicted molar refractivity (Wildman–Crippen MR) is 113 cm³/mol. The number of hydrogen-bond acceptors (Lipinski definition) is 4. The number of pyridine rings is 1. The smallest absolute Gasteiger partial charge is 0.264 e. The number of anilines is 1. The van der Waals surface area contributed by atoms with E-state index in [9.17, 15) is 13.2 Å². The SMILES string of the molecule is Cc1ccc(S(=O)(=O)N(CC(=O)NCc2cccnc2)c2cccc(C)c2)cc1. The van der Waals surface area contributed by atoms with E-state index in [0.29, 0.717) is 5.69 Å². The zero-order valence-corrected chi connectivity index (χ0v) is 17.2. The number of nitrogens with zero attached hydrogens (tertiary/aromatic N) is 2. The van der Waals surface area contributed by atoms with Crippen LogP contribution in [0.15, 0.2) is 78.0 Å². The molecule has 0 unspecified atom stereocenters. The monoisotopic (exact) mass is 409 g/mol. The minimum atomic E-state index is -3.91. The number of carbonyl (C=O) groups is 1. The van der Waals surface area contributed by atoms with Crippen LogP contribution in [-0.4, -0.2) is 25.9 Å². The number of sulfonamides is 1. The zero-order valence-electron chi connectivity index (χ0n) is 16.4. The van der Waals surface area contributed by atoms with E-state index in [0.717, 1.165) is 21.0 Å². The van der Waals surface area contributed by atoms with Crippen LogP contribution in [0.5, 0.6) is 0 Å². The van der Waals surface area contributed by atoms with Crippen LogP contribution in [0.1, 0.15) is 16.7 Å². The summed E-state index contributed by atoms with van der Waals surface area (Å²) in [6.07, 6.45) is 3.31. The van der Waals surface area contributed by atoms with Crippen LogP contribution >= 0.6 is 0 Å².